The minimum Gasteiger partial charge on any atom is -0.458 e. The first-order valence-corrected chi connectivity index (χ1v) is 7.63. The van der Waals surface area contributed by atoms with Crippen LogP contribution in [-0.4, -0.2) is 12.1 Å². The number of carbonyl (C=O) groups excluding carboxylic acids is 1. The van der Waals surface area contributed by atoms with Gasteiger partial charge in [0.15, 0.2) is 0 Å². The summed E-state index contributed by atoms with van der Waals surface area (Å²) in [6, 6.07) is 0. The van der Waals surface area contributed by atoms with E-state index in [1.165, 1.54) is 31.8 Å². The third kappa shape index (κ3) is 1.64. The molecule has 0 amide bonds. The summed E-state index contributed by atoms with van der Waals surface area (Å²) in [5, 5.41) is 0. The monoisotopic (exact) mass is 262 g/mol. The molecule has 0 aromatic rings. The Kier molecular flexibility index (Phi) is 2.69. The van der Waals surface area contributed by atoms with Crippen molar-refractivity contribution in [2.75, 3.05) is 0 Å². The third-order valence-electron chi connectivity index (χ3n) is 6.38. The van der Waals surface area contributed by atoms with Gasteiger partial charge >= 0.3 is 5.97 Å². The molecule has 0 spiro atoms. The molecule has 2 heteroatoms. The standard InChI is InChI=1S/C17H26O2/c1-10-13(19-11(2)18)9-12-15-14(10)17(12,5)8-6-7-16(15,3)4/h12-15H,1,6-9H2,2-5H3/t12-,13+,14+,15-,17-/m1/s1. The van der Waals surface area contributed by atoms with Gasteiger partial charge in [-0.05, 0) is 53.4 Å². The molecule has 4 fully saturated rings. The van der Waals surface area contributed by atoms with Crippen LogP contribution < -0.4 is 0 Å². The zero-order chi connectivity index (χ0) is 14.0. The lowest BCUT2D eigenvalue weighted by atomic mass is 9.37. The van der Waals surface area contributed by atoms with Crippen LogP contribution in [0.4, 0.5) is 0 Å². The number of hydrogen-bond donors (Lipinski definition) is 0. The fourth-order valence-corrected chi connectivity index (χ4v) is 5.57. The molecule has 0 aromatic heterocycles. The van der Waals surface area contributed by atoms with Gasteiger partial charge in [-0.15, -0.1) is 0 Å². The van der Waals surface area contributed by atoms with E-state index in [0.29, 0.717) is 22.7 Å². The second-order valence-corrected chi connectivity index (χ2v) is 7.87. The van der Waals surface area contributed by atoms with Crippen molar-refractivity contribution in [3.8, 4) is 0 Å². The molecule has 0 aliphatic heterocycles. The van der Waals surface area contributed by atoms with Crippen molar-refractivity contribution in [3.63, 3.8) is 0 Å². The summed E-state index contributed by atoms with van der Waals surface area (Å²) in [6.07, 6.45) is 4.95. The van der Waals surface area contributed by atoms with E-state index >= 15 is 0 Å². The van der Waals surface area contributed by atoms with E-state index in [0.717, 1.165) is 12.3 Å². The van der Waals surface area contributed by atoms with Gasteiger partial charge in [0.1, 0.15) is 6.10 Å². The smallest absolute Gasteiger partial charge is 0.303 e. The molecule has 0 N–H and O–H groups in total. The van der Waals surface area contributed by atoms with E-state index < -0.39 is 0 Å². The van der Waals surface area contributed by atoms with Crippen LogP contribution in [0.1, 0.15) is 53.4 Å². The van der Waals surface area contributed by atoms with Crippen LogP contribution in [0.3, 0.4) is 0 Å². The molecule has 0 saturated heterocycles. The molecule has 0 radical (unpaired) electrons. The number of esters is 1. The number of hydrogen-bond acceptors (Lipinski definition) is 2. The fourth-order valence-electron chi connectivity index (χ4n) is 5.57. The van der Waals surface area contributed by atoms with Crippen LogP contribution in [0.5, 0.6) is 0 Å². The summed E-state index contributed by atoms with van der Waals surface area (Å²) in [7, 11) is 0. The van der Waals surface area contributed by atoms with E-state index in [1.54, 1.807) is 0 Å². The highest BCUT2D eigenvalue weighted by Crippen LogP contribution is 2.73. The van der Waals surface area contributed by atoms with Gasteiger partial charge in [-0.3, -0.25) is 4.79 Å². The molecule has 2 nitrogen and oxygen atoms in total. The highest BCUT2D eigenvalue weighted by atomic mass is 16.5. The minimum atomic E-state index is -0.167. The van der Waals surface area contributed by atoms with Crippen molar-refractivity contribution in [3.05, 3.63) is 12.2 Å². The van der Waals surface area contributed by atoms with Crippen molar-refractivity contribution in [2.24, 2.45) is 28.6 Å². The molecular weight excluding hydrogens is 236 g/mol. The molecule has 4 aliphatic rings. The van der Waals surface area contributed by atoms with Crippen LogP contribution in [0.25, 0.3) is 0 Å². The first kappa shape index (κ1) is 13.2. The van der Waals surface area contributed by atoms with Gasteiger partial charge in [0.2, 0.25) is 0 Å². The molecule has 5 atom stereocenters. The summed E-state index contributed by atoms with van der Waals surface area (Å²) in [5.41, 5.74) is 2.03. The topological polar surface area (TPSA) is 26.3 Å². The summed E-state index contributed by atoms with van der Waals surface area (Å²) in [5.74, 6) is 1.86. The van der Waals surface area contributed by atoms with Crippen LogP contribution in [0.2, 0.25) is 0 Å². The van der Waals surface area contributed by atoms with E-state index in [2.05, 4.69) is 27.4 Å². The van der Waals surface area contributed by atoms with Crippen molar-refractivity contribution >= 4 is 5.97 Å². The Morgan fingerprint density at radius 3 is 2.58 bits per heavy atom. The van der Waals surface area contributed by atoms with Crippen molar-refractivity contribution in [1.82, 2.24) is 0 Å². The Labute approximate surface area is 116 Å². The Balaban J connectivity index is 1.91. The van der Waals surface area contributed by atoms with Crippen molar-refractivity contribution in [1.29, 1.82) is 0 Å². The van der Waals surface area contributed by atoms with Crippen molar-refractivity contribution in [2.45, 2.75) is 59.5 Å². The average molecular weight is 262 g/mol. The highest BCUT2D eigenvalue weighted by molar-refractivity contribution is 5.66. The van der Waals surface area contributed by atoms with Crippen LogP contribution in [-0.2, 0) is 9.53 Å². The van der Waals surface area contributed by atoms with Gasteiger partial charge in [-0.2, -0.15) is 0 Å². The van der Waals surface area contributed by atoms with Gasteiger partial charge in [0, 0.05) is 6.92 Å². The van der Waals surface area contributed by atoms with Crippen molar-refractivity contribution < 1.29 is 9.53 Å². The highest BCUT2D eigenvalue weighted by Gasteiger charge is 2.68. The largest absolute Gasteiger partial charge is 0.458 e. The normalized spacial score (nSPS) is 47.1. The minimum absolute atomic E-state index is 0.0225. The molecule has 4 rings (SSSR count). The number of ether oxygens (including phenoxy) is 1. The summed E-state index contributed by atoms with van der Waals surface area (Å²) >= 11 is 0. The molecule has 0 aromatic carbocycles. The maximum atomic E-state index is 11.2. The molecule has 4 bridgehead atoms. The number of rotatable bonds is 1. The zero-order valence-electron chi connectivity index (χ0n) is 12.7. The summed E-state index contributed by atoms with van der Waals surface area (Å²) < 4.78 is 5.49. The molecule has 106 valence electrons. The maximum absolute atomic E-state index is 11.2. The fraction of sp³-hybridized carbons (Fsp3) is 0.824. The molecule has 4 aliphatic carbocycles. The van der Waals surface area contributed by atoms with Gasteiger partial charge in [0.05, 0.1) is 0 Å². The van der Waals surface area contributed by atoms with Gasteiger partial charge in [-0.1, -0.05) is 33.8 Å². The molecule has 19 heavy (non-hydrogen) atoms. The van der Waals surface area contributed by atoms with E-state index in [-0.39, 0.29) is 12.1 Å². The Morgan fingerprint density at radius 2 is 2.00 bits per heavy atom. The predicted octanol–water partition coefficient (Wildman–Crippen LogP) is 3.96. The second-order valence-electron chi connectivity index (χ2n) is 7.87. The van der Waals surface area contributed by atoms with E-state index in [1.807, 2.05) is 0 Å². The van der Waals surface area contributed by atoms with E-state index in [9.17, 15) is 4.79 Å². The molecule has 4 saturated carbocycles. The van der Waals surface area contributed by atoms with Crippen LogP contribution in [0.15, 0.2) is 12.2 Å². The van der Waals surface area contributed by atoms with Gasteiger partial charge in [-0.25, -0.2) is 0 Å². The lowest BCUT2D eigenvalue weighted by Gasteiger charge is -2.68. The Hall–Kier alpha value is -0.790. The molecule has 0 heterocycles. The number of fused-ring (bicyclic) bond motifs is 2. The summed E-state index contributed by atoms with van der Waals surface area (Å²) in [4.78, 5) is 11.2. The SMILES string of the molecule is C=C1[C@@H](OC(C)=O)C[C@@H]2[C@@H]3[C@H]1[C@]2(C)CCCC3(C)C. The summed E-state index contributed by atoms with van der Waals surface area (Å²) in [6.45, 7) is 13.1. The Bertz CT molecular complexity index is 437. The van der Waals surface area contributed by atoms with Crippen LogP contribution >= 0.6 is 0 Å². The lowest BCUT2D eigenvalue weighted by molar-refractivity contribution is -0.188. The quantitative estimate of drug-likeness (QED) is 0.528. The first-order chi connectivity index (χ1) is 8.77. The molecular formula is C17H26O2. The zero-order valence-corrected chi connectivity index (χ0v) is 12.7. The molecule has 0 unspecified atom stereocenters. The Morgan fingerprint density at radius 1 is 1.32 bits per heavy atom. The predicted molar refractivity (Wildman–Crippen MR) is 75.5 cm³/mol. The maximum Gasteiger partial charge on any atom is 0.303 e. The lowest BCUT2D eigenvalue weighted by Crippen LogP contribution is -2.64. The van der Waals surface area contributed by atoms with E-state index in [4.69, 9.17) is 4.74 Å². The second kappa shape index (κ2) is 3.86. The number of carbonyl (C=O) groups is 1. The van der Waals surface area contributed by atoms with Gasteiger partial charge < -0.3 is 4.74 Å². The average Bonchev–Trinajstić information content (AvgIpc) is 2.44. The first-order valence-electron chi connectivity index (χ1n) is 7.63. The van der Waals surface area contributed by atoms with Crippen LogP contribution in [0, 0.1) is 28.6 Å². The van der Waals surface area contributed by atoms with Gasteiger partial charge in [0.25, 0.3) is 0 Å². The third-order valence-corrected chi connectivity index (χ3v) is 6.38.